The number of methoxy groups -OCH3 is 1. The quantitative estimate of drug-likeness (QED) is 0.106. The molecule has 2 saturated heterocycles. The minimum absolute atomic E-state index is 0.203. The van der Waals surface area contributed by atoms with Gasteiger partial charge in [0, 0.05) is 30.1 Å². The van der Waals surface area contributed by atoms with Gasteiger partial charge in [-0.2, -0.15) is 0 Å². The predicted octanol–water partition coefficient (Wildman–Crippen LogP) is 2.77. The Hall–Kier alpha value is -3.75. The average molecular weight is 705 g/mol. The molecule has 2 aliphatic carbocycles. The molecule has 5 rings (SSSR count). The minimum Gasteiger partial charge on any atom is -0.472 e. The van der Waals surface area contributed by atoms with Crippen molar-refractivity contribution in [3.63, 3.8) is 0 Å². The van der Waals surface area contributed by atoms with E-state index >= 15 is 0 Å². The molecule has 4 aliphatic rings. The van der Waals surface area contributed by atoms with Crippen LogP contribution in [0.5, 0.6) is 0 Å². The number of esters is 4. The Bertz CT molecular complexity index is 1510. The van der Waals surface area contributed by atoms with Crippen molar-refractivity contribution in [1.29, 1.82) is 0 Å². The third-order valence-corrected chi connectivity index (χ3v) is 12.4. The molecule has 0 aromatic carbocycles. The van der Waals surface area contributed by atoms with Crippen LogP contribution >= 0.6 is 0 Å². The van der Waals surface area contributed by atoms with E-state index in [1.807, 2.05) is 13.8 Å². The van der Waals surface area contributed by atoms with Crippen LogP contribution in [0.25, 0.3) is 0 Å². The van der Waals surface area contributed by atoms with Crippen molar-refractivity contribution in [2.75, 3.05) is 13.7 Å². The Labute approximate surface area is 290 Å². The van der Waals surface area contributed by atoms with Crippen LogP contribution in [0.1, 0.15) is 78.7 Å². The van der Waals surface area contributed by atoms with E-state index in [2.05, 4.69) is 6.58 Å². The lowest BCUT2D eigenvalue weighted by atomic mass is 9.47. The third-order valence-electron chi connectivity index (χ3n) is 12.4. The summed E-state index contributed by atoms with van der Waals surface area (Å²) in [4.78, 5) is 65.6. The first kappa shape index (κ1) is 37.5. The zero-order valence-electron chi connectivity index (χ0n) is 29.5. The fourth-order valence-electron chi connectivity index (χ4n) is 9.56. The van der Waals surface area contributed by atoms with Crippen LogP contribution in [0.3, 0.4) is 0 Å². The molecule has 276 valence electrons. The van der Waals surface area contributed by atoms with Gasteiger partial charge >= 0.3 is 23.9 Å². The fourth-order valence-corrected chi connectivity index (χ4v) is 9.56. The van der Waals surface area contributed by atoms with Gasteiger partial charge in [0.05, 0.1) is 50.6 Å². The van der Waals surface area contributed by atoms with Gasteiger partial charge in [0.15, 0.2) is 6.10 Å². The summed E-state index contributed by atoms with van der Waals surface area (Å²) in [6.07, 6.45) is -2.97. The molecule has 1 aromatic rings. The van der Waals surface area contributed by atoms with Crippen LogP contribution in [0.4, 0.5) is 0 Å². The molecule has 2 aliphatic heterocycles. The van der Waals surface area contributed by atoms with Gasteiger partial charge in [0.2, 0.25) is 0 Å². The van der Waals surface area contributed by atoms with E-state index in [1.165, 1.54) is 20.3 Å². The lowest BCUT2D eigenvalue weighted by Crippen LogP contribution is -2.68. The lowest BCUT2D eigenvalue weighted by Gasteiger charge is -2.59. The molecular weight excluding hydrogens is 656 g/mol. The van der Waals surface area contributed by atoms with Gasteiger partial charge in [-0.15, -0.1) is 0 Å². The second-order valence-corrected chi connectivity index (χ2v) is 14.8. The van der Waals surface area contributed by atoms with Crippen LogP contribution in [0, 0.1) is 28.6 Å². The van der Waals surface area contributed by atoms with Crippen LogP contribution in [-0.2, 0) is 52.4 Å². The molecule has 14 heteroatoms. The molecule has 0 radical (unpaired) electrons. The Morgan fingerprint density at radius 2 is 1.90 bits per heavy atom. The number of rotatable bonds is 12. The van der Waals surface area contributed by atoms with E-state index in [1.54, 1.807) is 26.2 Å². The highest BCUT2D eigenvalue weighted by Crippen LogP contribution is 2.76. The molecule has 4 fully saturated rings. The number of aliphatic hydroxyl groups is 2. The first-order chi connectivity index (χ1) is 23.5. The molecule has 0 bridgehead atoms. The van der Waals surface area contributed by atoms with Crippen molar-refractivity contribution in [2.45, 2.75) is 115 Å². The second kappa shape index (κ2) is 13.4. The monoisotopic (exact) mass is 704 g/mol. The first-order valence-corrected chi connectivity index (χ1v) is 16.9. The first-order valence-electron chi connectivity index (χ1n) is 16.9. The Balaban J connectivity index is 1.80. The molecule has 50 heavy (non-hydrogen) atoms. The Kier molecular flexibility index (Phi) is 10.1. The highest BCUT2D eigenvalue weighted by molar-refractivity contribution is 5.76. The van der Waals surface area contributed by atoms with E-state index in [0.717, 1.165) is 12.5 Å². The zero-order valence-corrected chi connectivity index (χ0v) is 29.5. The highest BCUT2D eigenvalue weighted by atomic mass is 16.6. The number of ether oxygens (including phenoxy) is 6. The number of hydrogen-bond acceptors (Lipinski definition) is 14. The van der Waals surface area contributed by atoms with Crippen molar-refractivity contribution in [2.24, 2.45) is 28.6 Å². The van der Waals surface area contributed by atoms with Gasteiger partial charge in [-0.3, -0.25) is 19.2 Å². The topological polar surface area (TPSA) is 198 Å². The maximum absolute atomic E-state index is 13.8. The predicted molar refractivity (Wildman–Crippen MR) is 171 cm³/mol. The molecular formula is C36H48O14. The largest absolute Gasteiger partial charge is 0.472 e. The van der Waals surface area contributed by atoms with Gasteiger partial charge in [0.1, 0.15) is 29.5 Å². The SMILES string of the molecule is C=C1C(C2(C)C(OC(C)=O)CC(=O)OC(C)(CO)C2CC(=O)OC)C(OC=O)C(OC(=O)C(O)C(C)CC)C2(C)C(c3ccoc3)CC3OC132. The van der Waals surface area contributed by atoms with Crippen LogP contribution < -0.4 is 0 Å². The van der Waals surface area contributed by atoms with Crippen molar-refractivity contribution in [3.05, 3.63) is 36.3 Å². The van der Waals surface area contributed by atoms with Crippen molar-refractivity contribution in [1.82, 2.24) is 0 Å². The van der Waals surface area contributed by atoms with Gasteiger partial charge in [-0.25, -0.2) is 4.79 Å². The number of epoxide rings is 1. The summed E-state index contributed by atoms with van der Waals surface area (Å²) in [6, 6.07) is 1.79. The summed E-state index contributed by atoms with van der Waals surface area (Å²) in [5.74, 6) is -6.42. The number of cyclic esters (lactones) is 1. The maximum Gasteiger partial charge on any atom is 0.335 e. The summed E-state index contributed by atoms with van der Waals surface area (Å²) < 4.78 is 41.0. The van der Waals surface area contributed by atoms with Crippen LogP contribution in [0.2, 0.25) is 0 Å². The van der Waals surface area contributed by atoms with E-state index in [4.69, 9.17) is 32.8 Å². The highest BCUT2D eigenvalue weighted by Gasteiger charge is 2.85. The number of hydrogen-bond donors (Lipinski definition) is 2. The summed E-state index contributed by atoms with van der Waals surface area (Å²) in [5.41, 5.74) is -4.60. The third kappa shape index (κ3) is 5.54. The molecule has 1 aromatic heterocycles. The van der Waals surface area contributed by atoms with E-state index in [-0.39, 0.29) is 12.4 Å². The van der Waals surface area contributed by atoms with Gasteiger partial charge < -0.3 is 43.1 Å². The Morgan fingerprint density at radius 1 is 1.20 bits per heavy atom. The minimum atomic E-state index is -1.75. The van der Waals surface area contributed by atoms with E-state index in [0.29, 0.717) is 18.4 Å². The molecule has 13 unspecified atom stereocenters. The molecule has 1 spiro atoms. The molecule has 2 N–H and O–H groups in total. The number of carbonyl (C=O) groups is 5. The number of furan rings is 1. The smallest absolute Gasteiger partial charge is 0.335 e. The van der Waals surface area contributed by atoms with Gasteiger partial charge in [-0.1, -0.05) is 40.7 Å². The summed E-state index contributed by atoms with van der Waals surface area (Å²) >= 11 is 0. The van der Waals surface area contributed by atoms with E-state index in [9.17, 15) is 34.2 Å². The molecule has 14 nitrogen and oxygen atoms in total. The molecule has 3 heterocycles. The molecule has 0 amide bonds. The summed E-state index contributed by atoms with van der Waals surface area (Å²) in [6.45, 7) is 13.6. The standard InChI is InChI=1S/C36H48O14/c1-9-18(2)29(42)32(43)48-31-30(46-17-38)28(19(3)36-25(49-36)12-22(35(31,36)7)21-10-11-45-15-21)34(6)23(13-26(40)44-8)33(5,16-37)50-27(41)14-24(34)47-20(4)39/h10-11,15,17-18,22-25,28-31,37,42H,3,9,12-14,16H2,1-2,4-8H3. The van der Waals surface area contributed by atoms with Crippen LogP contribution in [-0.4, -0.2) is 96.0 Å². The second-order valence-electron chi connectivity index (χ2n) is 14.8. The van der Waals surface area contributed by atoms with E-state index < -0.39 is 114 Å². The Morgan fingerprint density at radius 3 is 2.46 bits per heavy atom. The summed E-state index contributed by atoms with van der Waals surface area (Å²) in [7, 11) is 1.18. The summed E-state index contributed by atoms with van der Waals surface area (Å²) in [5, 5.41) is 21.8. The number of aliphatic hydroxyl groups excluding tert-OH is 2. The average Bonchev–Trinajstić information content (AvgIpc) is 3.44. The fraction of sp³-hybridized carbons (Fsp3) is 0.694. The van der Waals surface area contributed by atoms with Gasteiger partial charge in [-0.05, 0) is 36.5 Å². The maximum atomic E-state index is 13.8. The molecule has 13 atom stereocenters. The number of carbonyl (C=O) groups excluding carboxylic acids is 5. The normalized spacial score (nSPS) is 40.2. The molecule has 2 saturated carbocycles. The van der Waals surface area contributed by atoms with Crippen LogP contribution in [0.15, 0.2) is 35.2 Å². The van der Waals surface area contributed by atoms with Crippen molar-refractivity contribution < 1.29 is 67.0 Å². The zero-order chi connectivity index (χ0) is 37.0. The van der Waals surface area contributed by atoms with Crippen molar-refractivity contribution in [3.8, 4) is 0 Å². The van der Waals surface area contributed by atoms with Gasteiger partial charge in [0.25, 0.3) is 6.47 Å². The lowest BCUT2D eigenvalue weighted by molar-refractivity contribution is -0.225. The van der Waals surface area contributed by atoms with Crippen molar-refractivity contribution >= 4 is 30.3 Å².